The Morgan fingerprint density at radius 1 is 1.06 bits per heavy atom. The van der Waals surface area contributed by atoms with Crippen LogP contribution in [0.15, 0.2) is 61.1 Å². The number of carbonyl (C=O) groups excluding carboxylic acids is 1. The molecule has 3 N–H and O–H groups in total. The number of nitrogens with zero attached hydrogens (tertiary/aromatic N) is 3. The normalized spacial score (nSPS) is 14.6. The second-order valence-corrected chi connectivity index (χ2v) is 9.49. The summed E-state index contributed by atoms with van der Waals surface area (Å²) in [7, 11) is 0. The van der Waals surface area contributed by atoms with Gasteiger partial charge >= 0.3 is 6.03 Å². The molecule has 1 aliphatic rings. The maximum Gasteiger partial charge on any atom is 0.323 e. The fourth-order valence-corrected chi connectivity index (χ4v) is 4.63. The van der Waals surface area contributed by atoms with E-state index in [0.29, 0.717) is 22.8 Å². The van der Waals surface area contributed by atoms with E-state index < -0.39 is 0 Å². The summed E-state index contributed by atoms with van der Waals surface area (Å²) in [5.41, 5.74) is 4.72. The van der Waals surface area contributed by atoms with Crippen LogP contribution >= 0.6 is 11.6 Å². The van der Waals surface area contributed by atoms with Crippen molar-refractivity contribution in [2.45, 2.75) is 38.8 Å². The number of fused-ring (bicyclic) bond motifs is 1. The van der Waals surface area contributed by atoms with E-state index in [1.165, 1.54) is 0 Å². The monoisotopic (exact) mass is 476 g/mol. The quantitative estimate of drug-likeness (QED) is 0.316. The highest BCUT2D eigenvalue weighted by Gasteiger charge is 2.20. The van der Waals surface area contributed by atoms with E-state index in [0.717, 1.165) is 53.6 Å². The molecule has 8 heteroatoms. The van der Waals surface area contributed by atoms with E-state index in [4.69, 9.17) is 11.6 Å². The van der Waals surface area contributed by atoms with Crippen LogP contribution in [-0.4, -0.2) is 33.5 Å². The van der Waals surface area contributed by atoms with Gasteiger partial charge in [-0.25, -0.2) is 4.79 Å². The van der Waals surface area contributed by atoms with Crippen LogP contribution in [0.2, 0.25) is 5.02 Å². The largest absolute Gasteiger partial charge is 0.342 e. The number of anilines is 2. The molecule has 5 rings (SSSR count). The zero-order valence-electron chi connectivity index (χ0n) is 19.4. The van der Waals surface area contributed by atoms with Crippen LogP contribution in [0.3, 0.4) is 0 Å². The number of benzene rings is 2. The summed E-state index contributed by atoms with van der Waals surface area (Å²) < 4.78 is 4.27. The first-order valence-corrected chi connectivity index (χ1v) is 12.1. The first-order valence-electron chi connectivity index (χ1n) is 11.7. The van der Waals surface area contributed by atoms with E-state index in [1.54, 1.807) is 24.3 Å². The Kier molecular flexibility index (Phi) is 6.30. The zero-order valence-corrected chi connectivity index (χ0v) is 20.1. The van der Waals surface area contributed by atoms with Gasteiger partial charge in [0.15, 0.2) is 0 Å². The molecular weight excluding hydrogens is 448 g/mol. The van der Waals surface area contributed by atoms with Crippen molar-refractivity contribution in [3.05, 3.63) is 66.1 Å². The van der Waals surface area contributed by atoms with Crippen molar-refractivity contribution in [3.8, 4) is 11.1 Å². The van der Waals surface area contributed by atoms with Crippen LogP contribution in [0, 0.1) is 0 Å². The molecule has 1 fully saturated rings. The number of piperidine rings is 1. The highest BCUT2D eigenvalue weighted by molar-refractivity contribution is 6.30. The Bertz CT molecular complexity index is 1300. The lowest BCUT2D eigenvalue weighted by Crippen LogP contribution is -2.29. The molecule has 3 heterocycles. The van der Waals surface area contributed by atoms with Crippen LogP contribution in [0.1, 0.15) is 38.8 Å². The second kappa shape index (κ2) is 9.52. The van der Waals surface area contributed by atoms with Gasteiger partial charge in [0.05, 0.1) is 17.4 Å². The van der Waals surface area contributed by atoms with Crippen LogP contribution in [0.25, 0.3) is 22.0 Å². The van der Waals surface area contributed by atoms with Crippen molar-refractivity contribution in [1.82, 2.24) is 19.7 Å². The Balaban J connectivity index is 1.49. The maximum atomic E-state index is 12.8. The van der Waals surface area contributed by atoms with Crippen molar-refractivity contribution in [3.63, 3.8) is 0 Å². The number of rotatable bonds is 5. The second-order valence-electron chi connectivity index (χ2n) is 9.05. The molecule has 1 aliphatic heterocycles. The lowest BCUT2D eigenvalue weighted by molar-refractivity contribution is 0.262. The smallest absolute Gasteiger partial charge is 0.323 e. The van der Waals surface area contributed by atoms with E-state index in [9.17, 15) is 4.79 Å². The Morgan fingerprint density at radius 3 is 2.53 bits per heavy atom. The molecule has 0 radical (unpaired) electrons. The Hall–Kier alpha value is -3.29. The SMILES string of the molecule is CC(C)n1cc(-c2ccc3c(c2)c(NC(=O)Nc2ccc(Cl)cc2)cn3C2CCNCC2)cn1. The molecule has 2 amide bonds. The van der Waals surface area contributed by atoms with Gasteiger partial charge in [-0.05, 0) is 81.7 Å². The molecule has 0 atom stereocenters. The summed E-state index contributed by atoms with van der Waals surface area (Å²) in [4.78, 5) is 12.8. The first-order chi connectivity index (χ1) is 16.5. The molecule has 0 saturated carbocycles. The number of hydrogen-bond donors (Lipinski definition) is 3. The number of urea groups is 1. The van der Waals surface area contributed by atoms with Crippen LogP contribution < -0.4 is 16.0 Å². The Labute approximate surface area is 204 Å². The third-order valence-electron chi connectivity index (χ3n) is 6.35. The van der Waals surface area contributed by atoms with Crippen LogP contribution in [0.5, 0.6) is 0 Å². The maximum absolute atomic E-state index is 12.8. The average molecular weight is 477 g/mol. The molecule has 2 aromatic carbocycles. The lowest BCUT2D eigenvalue weighted by Gasteiger charge is -2.25. The standard InChI is InChI=1S/C26H29ClN6O/c1-17(2)33-15-19(14-29-33)18-3-8-25-23(13-18)24(16-32(25)22-9-11-28-12-10-22)31-26(34)30-21-6-4-20(27)5-7-21/h3-8,13-17,22,28H,9-12H2,1-2H3,(H2,30,31,34). The first kappa shape index (κ1) is 22.5. The predicted molar refractivity (Wildman–Crippen MR) is 139 cm³/mol. The number of hydrogen-bond acceptors (Lipinski definition) is 3. The number of halogens is 1. The number of nitrogens with one attached hydrogen (secondary N) is 3. The van der Waals surface area contributed by atoms with Crippen molar-refractivity contribution in [2.75, 3.05) is 23.7 Å². The molecule has 0 aliphatic carbocycles. The molecule has 4 aromatic rings. The topological polar surface area (TPSA) is 75.9 Å². The van der Waals surface area contributed by atoms with Gasteiger partial charge in [-0.1, -0.05) is 17.7 Å². The molecular formula is C26H29ClN6O. The van der Waals surface area contributed by atoms with Crippen LogP contribution in [0.4, 0.5) is 16.2 Å². The Morgan fingerprint density at radius 2 is 1.82 bits per heavy atom. The van der Waals surface area contributed by atoms with E-state index in [2.05, 4.69) is 70.1 Å². The molecule has 0 spiro atoms. The van der Waals surface area contributed by atoms with Crippen LogP contribution in [-0.2, 0) is 0 Å². The summed E-state index contributed by atoms with van der Waals surface area (Å²) in [5.74, 6) is 0. The van der Waals surface area contributed by atoms with E-state index >= 15 is 0 Å². The number of carbonyl (C=O) groups is 1. The van der Waals surface area contributed by atoms with Crippen molar-refractivity contribution >= 4 is 39.9 Å². The van der Waals surface area contributed by atoms with Gasteiger partial charge in [-0.3, -0.25) is 4.68 Å². The average Bonchev–Trinajstić information content (AvgIpc) is 3.47. The summed E-state index contributed by atoms with van der Waals surface area (Å²) >= 11 is 5.96. The molecule has 0 unspecified atom stereocenters. The minimum absolute atomic E-state index is 0.287. The van der Waals surface area contributed by atoms with Gasteiger partial charge in [0, 0.05) is 46.1 Å². The highest BCUT2D eigenvalue weighted by Crippen LogP contribution is 2.35. The van der Waals surface area contributed by atoms with Crippen molar-refractivity contribution < 1.29 is 4.79 Å². The molecule has 2 aromatic heterocycles. The third-order valence-corrected chi connectivity index (χ3v) is 6.60. The van der Waals surface area contributed by atoms with Gasteiger partial charge < -0.3 is 20.5 Å². The molecule has 176 valence electrons. The van der Waals surface area contributed by atoms with Crippen molar-refractivity contribution in [1.29, 1.82) is 0 Å². The lowest BCUT2D eigenvalue weighted by atomic mass is 10.1. The fourth-order valence-electron chi connectivity index (χ4n) is 4.51. The molecule has 34 heavy (non-hydrogen) atoms. The van der Waals surface area contributed by atoms with E-state index in [-0.39, 0.29) is 6.03 Å². The van der Waals surface area contributed by atoms with E-state index in [1.807, 2.05) is 10.9 Å². The molecule has 7 nitrogen and oxygen atoms in total. The van der Waals surface area contributed by atoms with Gasteiger partial charge in [-0.2, -0.15) is 5.10 Å². The minimum atomic E-state index is -0.287. The zero-order chi connectivity index (χ0) is 23.7. The predicted octanol–water partition coefficient (Wildman–Crippen LogP) is 6.31. The third kappa shape index (κ3) is 4.67. The summed E-state index contributed by atoms with van der Waals surface area (Å²) in [6.45, 7) is 6.22. The summed E-state index contributed by atoms with van der Waals surface area (Å²) in [5, 5.41) is 15.5. The van der Waals surface area contributed by atoms with Gasteiger partial charge in [0.25, 0.3) is 0 Å². The molecule has 0 bridgehead atoms. The number of amides is 2. The highest BCUT2D eigenvalue weighted by atomic mass is 35.5. The fraction of sp³-hybridized carbons (Fsp3) is 0.308. The number of aromatic nitrogens is 3. The summed E-state index contributed by atoms with van der Waals surface area (Å²) in [6, 6.07) is 13.9. The van der Waals surface area contributed by atoms with Gasteiger partial charge in [0.2, 0.25) is 0 Å². The van der Waals surface area contributed by atoms with Crippen molar-refractivity contribution in [2.24, 2.45) is 0 Å². The molecule has 1 saturated heterocycles. The van der Waals surface area contributed by atoms with Gasteiger partial charge in [-0.15, -0.1) is 0 Å². The minimum Gasteiger partial charge on any atom is -0.342 e. The summed E-state index contributed by atoms with van der Waals surface area (Å²) in [6.07, 6.45) is 8.15. The van der Waals surface area contributed by atoms with Gasteiger partial charge in [0.1, 0.15) is 0 Å².